The quantitative estimate of drug-likeness (QED) is 0.0109. The highest BCUT2D eigenvalue weighted by Crippen LogP contribution is 2.22. The van der Waals surface area contributed by atoms with Crippen LogP contribution in [0.5, 0.6) is 0 Å². The number of aliphatic carboxylic acids is 4. The summed E-state index contributed by atoms with van der Waals surface area (Å²) in [5.74, 6) is -32.2. The number of aliphatic hydroxyl groups is 1. The van der Waals surface area contributed by atoms with Crippen LogP contribution in [0.15, 0.2) is 54.7 Å². The number of amides is 15. The normalized spacial score (nSPS) is 20.6. The van der Waals surface area contributed by atoms with Gasteiger partial charge in [0.15, 0.2) is 5.78 Å². The number of hydrogen-bond acceptors (Lipinski definition) is 27. The van der Waals surface area contributed by atoms with E-state index in [0.29, 0.717) is 29.3 Å². The van der Waals surface area contributed by atoms with Crippen molar-refractivity contribution in [3.05, 3.63) is 65.9 Å². The molecule has 0 bridgehead atoms. The number of cyclic esters (lactones) is 1. The number of ketones is 1. The van der Waals surface area contributed by atoms with Crippen LogP contribution in [0, 0.1) is 5.92 Å². The summed E-state index contributed by atoms with van der Waals surface area (Å²) in [6.45, 7) is 0.676. The number of methoxy groups -OCH3 is 1. The van der Waals surface area contributed by atoms with Crippen molar-refractivity contribution in [2.24, 2.45) is 17.4 Å². The number of H-pyrrole nitrogens is 1. The third-order valence-corrected chi connectivity index (χ3v) is 19.4. The van der Waals surface area contributed by atoms with E-state index in [9.17, 15) is 131 Å². The van der Waals surface area contributed by atoms with Gasteiger partial charge >= 0.3 is 35.8 Å². The summed E-state index contributed by atoms with van der Waals surface area (Å²) in [6.07, 6.45) is -3.72. The second-order valence-corrected chi connectivity index (χ2v) is 29.5. The van der Waals surface area contributed by atoms with Gasteiger partial charge < -0.3 is 132 Å². The van der Waals surface area contributed by atoms with Gasteiger partial charge in [-0.3, -0.25) is 101 Å². The number of benzene rings is 2. The number of aromatic nitrogens is 1. The van der Waals surface area contributed by atoms with Crippen LogP contribution in [-0.2, 0) is 117 Å². The zero-order chi connectivity index (χ0) is 93.3. The number of unbranched alkanes of at least 4 members (excludes halogenated alkanes) is 6. The molecule has 3 aromatic rings. The molecule has 1 fully saturated rings. The summed E-state index contributed by atoms with van der Waals surface area (Å²) in [5, 5.41) is 81.3. The Hall–Kier alpha value is -13.8. The Morgan fingerprint density at radius 2 is 1.11 bits per heavy atom. The largest absolute Gasteiger partial charge is 0.481 e. The number of aliphatic hydroxyl groups excluding tert-OH is 1. The van der Waals surface area contributed by atoms with Gasteiger partial charge in [-0.05, 0) is 69.2 Å². The van der Waals surface area contributed by atoms with E-state index in [1.54, 1.807) is 30.5 Å². The van der Waals surface area contributed by atoms with Gasteiger partial charge in [-0.1, -0.05) is 82.7 Å². The zero-order valence-electron chi connectivity index (χ0n) is 69.3. The molecule has 4 rings (SSSR count). The number of nitrogens with two attached hydrogens (primary N) is 3. The molecule has 1 aromatic heterocycles. The van der Waals surface area contributed by atoms with Gasteiger partial charge in [-0.15, -0.1) is 0 Å². The molecule has 1 aliphatic heterocycles. The van der Waals surface area contributed by atoms with E-state index in [2.05, 4.69) is 75.1 Å². The van der Waals surface area contributed by atoms with Crippen molar-refractivity contribution in [2.75, 3.05) is 39.1 Å². The Balaban J connectivity index is 1.93. The highest BCUT2D eigenvalue weighted by molar-refractivity contribution is 6.05. The van der Waals surface area contributed by atoms with Crippen LogP contribution in [0.1, 0.15) is 159 Å². The summed E-state index contributed by atoms with van der Waals surface area (Å²) >= 11 is 0. The molecular weight excluding hydrogens is 1650 g/mol. The minimum atomic E-state index is -2.52. The number of rotatable bonds is 40. The molecule has 125 heavy (non-hydrogen) atoms. The first-order valence-electron chi connectivity index (χ1n) is 39.9. The minimum Gasteiger partial charge on any atom is -0.481 e. The van der Waals surface area contributed by atoms with Crippen molar-refractivity contribution in [1.29, 1.82) is 0 Å². The van der Waals surface area contributed by atoms with Gasteiger partial charge in [-0.25, -0.2) is 4.79 Å². The van der Waals surface area contributed by atoms with E-state index in [1.165, 1.54) is 24.3 Å². The van der Waals surface area contributed by atoms with Gasteiger partial charge in [0.05, 0.1) is 65.0 Å². The number of anilines is 1. The molecule has 0 spiro atoms. The predicted octanol–water partition coefficient (Wildman–Crippen LogP) is -6.18. The number of Topliss-reactive ketones (excluding diaryl/α,β-unsaturated/α-hetero) is 1. The number of carboxylic acid groups (broad SMARTS) is 4. The number of carboxylic acids is 4. The lowest BCUT2D eigenvalue weighted by molar-refractivity contribution is -0.156. The summed E-state index contributed by atoms with van der Waals surface area (Å²) in [5.41, 5.74) is 18.3. The molecule has 26 N–H and O–H groups in total. The average Bonchev–Trinajstić information content (AvgIpc) is 1.79. The molecular formula is C78H110N18O29. The second-order valence-electron chi connectivity index (χ2n) is 29.5. The van der Waals surface area contributed by atoms with Gasteiger partial charge in [0, 0.05) is 60.6 Å². The molecule has 0 aliphatic carbocycles. The van der Waals surface area contributed by atoms with Crippen molar-refractivity contribution >= 4 is 147 Å². The fourth-order valence-electron chi connectivity index (χ4n) is 12.6. The highest BCUT2D eigenvalue weighted by Gasteiger charge is 2.41. The van der Waals surface area contributed by atoms with Crippen molar-refractivity contribution in [3.63, 3.8) is 0 Å². The summed E-state index contributed by atoms with van der Waals surface area (Å²) < 4.78 is 10.3. The number of nitrogens with one attached hydrogen (secondary N) is 15. The monoisotopic (exact) mass is 1760 g/mol. The highest BCUT2D eigenvalue weighted by atomic mass is 16.5. The first-order valence-corrected chi connectivity index (χ1v) is 39.9. The van der Waals surface area contributed by atoms with Crippen molar-refractivity contribution in [1.82, 2.24) is 79.4 Å². The van der Waals surface area contributed by atoms with Gasteiger partial charge in [-0.2, -0.15) is 0 Å². The van der Waals surface area contributed by atoms with Crippen LogP contribution < -0.4 is 91.6 Å². The number of aromatic amines is 1. The SMILES string of the molecule is CCCCCCCCCC(=O)NC(Cc1c[nH]c2ccccc12)C(=O)NC(CC(N)=O)C(=O)NC(CC(=O)O)C(=O)NC1C(=O)NCC(=O)NC(CCCNC(=O)C(N)CCC(=O)OC)C(=O)NC(CC(=O)O)C(=O)NC(C)C(=O)NC(CC(=O)O)C(=O)NCC(=O)NC(CO)C(=O)NC(C(C)CC(=O)O)C(=O)NC(CC(=O)c2ccccc2N)C(=O)OC1C. The van der Waals surface area contributed by atoms with Crippen LogP contribution in [0.3, 0.4) is 0 Å². The first-order chi connectivity index (χ1) is 59.1. The molecule has 686 valence electrons. The molecule has 1 saturated heterocycles. The first kappa shape index (κ1) is 104. The lowest BCUT2D eigenvalue weighted by atomic mass is 9.96. The Kier molecular flexibility index (Phi) is 43.5. The second kappa shape index (κ2) is 52.5. The van der Waals surface area contributed by atoms with E-state index < -0.39 is 279 Å². The Morgan fingerprint density at radius 1 is 0.560 bits per heavy atom. The van der Waals surface area contributed by atoms with Crippen LogP contribution in [0.25, 0.3) is 10.9 Å². The lowest BCUT2D eigenvalue weighted by Crippen LogP contribution is -2.62. The van der Waals surface area contributed by atoms with Crippen LogP contribution in [0.2, 0.25) is 0 Å². The van der Waals surface area contributed by atoms with Crippen molar-refractivity contribution < 1.29 is 140 Å². The maximum Gasteiger partial charge on any atom is 0.329 e. The minimum absolute atomic E-state index is 0.0380. The third kappa shape index (κ3) is 36.4. The Bertz CT molecular complexity index is 4410. The molecule has 14 atom stereocenters. The summed E-state index contributed by atoms with van der Waals surface area (Å²) in [7, 11) is 1.09. The molecule has 0 saturated carbocycles. The number of nitrogen functional groups attached to an aromatic ring is 1. The molecule has 47 heteroatoms. The van der Waals surface area contributed by atoms with Gasteiger partial charge in [0.2, 0.25) is 88.6 Å². The number of fused-ring (bicyclic) bond motifs is 1. The number of carbonyl (C=O) groups excluding carboxylic acids is 18. The van der Waals surface area contributed by atoms with Crippen LogP contribution >= 0.6 is 0 Å². The van der Waals surface area contributed by atoms with E-state index in [-0.39, 0.29) is 49.9 Å². The molecule has 2 heterocycles. The average molecular weight is 1760 g/mol. The van der Waals surface area contributed by atoms with Gasteiger partial charge in [0.1, 0.15) is 72.6 Å². The smallest absolute Gasteiger partial charge is 0.329 e. The number of hydrogen-bond donors (Lipinski definition) is 23. The molecule has 15 amide bonds. The third-order valence-electron chi connectivity index (χ3n) is 19.4. The number of carbonyl (C=O) groups is 22. The fraction of sp³-hybridized carbons (Fsp3) is 0.538. The predicted molar refractivity (Wildman–Crippen MR) is 433 cm³/mol. The van der Waals surface area contributed by atoms with Crippen molar-refractivity contribution in [3.8, 4) is 0 Å². The van der Waals surface area contributed by atoms with E-state index in [1.807, 2.05) is 16.0 Å². The molecule has 47 nitrogen and oxygen atoms in total. The van der Waals surface area contributed by atoms with Gasteiger partial charge in [0.25, 0.3) is 0 Å². The van der Waals surface area contributed by atoms with Crippen LogP contribution in [-0.4, -0.2) is 273 Å². The molecule has 1 aliphatic rings. The number of esters is 2. The van der Waals surface area contributed by atoms with Crippen molar-refractivity contribution in [2.45, 2.75) is 228 Å². The lowest BCUT2D eigenvalue weighted by Gasteiger charge is -2.30. The van der Waals surface area contributed by atoms with E-state index in [4.69, 9.17) is 21.9 Å². The maximum atomic E-state index is 15.0. The summed E-state index contributed by atoms with van der Waals surface area (Å²) in [6, 6.07) is -12.6. The summed E-state index contributed by atoms with van der Waals surface area (Å²) in [4.78, 5) is 304. The fourth-order valence-corrected chi connectivity index (χ4v) is 12.6. The standard InChI is InChI=1S/C78H110N18O29/c1-6-7-8-9-10-11-12-23-57(100)88-48(28-41-34-83-46-21-16-14-18-42(41)46)72(117)91-49(30-56(81)99)73(118)93-52(33-63(109)110)74(119)96-66-40(4)125-78(123)53(29-55(98)43-19-13-15-20-44(43)79)94-77(122)65(38(2)27-60(103)104)95-75(120)54(37-97)89-59(102)35-84-69(114)50(31-61(105)106)90-67(112)39(3)86-71(116)51(32-62(107)108)92-70(115)47(87-58(101)36-85-76(66)121)22-17-26-82-68(113)45(80)24-25-64(111)124-5/h13-16,18-21,34,38-40,45,47-54,65-66,83,97H,6-12,17,22-33,35-37,79-80H2,1-5H3,(H2,81,99)(H,82,113)(H,84,114)(H,85,121)(H,86,116)(H,87,101)(H,88,100)(H,89,102)(H,90,112)(H,91,117)(H,92,115)(H,93,118)(H,94,122)(H,95,120)(H,96,119)(H,103,104)(H,105,106)(H,107,108)(H,109,110). The van der Waals surface area contributed by atoms with E-state index >= 15 is 0 Å². The zero-order valence-corrected chi connectivity index (χ0v) is 69.3. The number of ether oxygens (including phenoxy) is 2. The number of para-hydroxylation sites is 2. The molecule has 14 unspecified atom stereocenters. The number of primary amides is 1. The van der Waals surface area contributed by atoms with E-state index in [0.717, 1.165) is 60.0 Å². The van der Waals surface area contributed by atoms with Crippen LogP contribution in [0.4, 0.5) is 5.69 Å². The Labute approximate surface area is 714 Å². The molecule has 0 radical (unpaired) electrons. The molecule has 2 aromatic carbocycles. The maximum absolute atomic E-state index is 15.0. The Morgan fingerprint density at radius 3 is 1.72 bits per heavy atom. The topological polar surface area (TPSA) is 757 Å².